The second-order valence-electron chi connectivity index (χ2n) is 4.76. The van der Waals surface area contributed by atoms with Gasteiger partial charge in [-0.15, -0.1) is 0 Å². The van der Waals surface area contributed by atoms with Gasteiger partial charge in [-0.1, -0.05) is 6.92 Å². The van der Waals surface area contributed by atoms with Gasteiger partial charge in [-0.3, -0.25) is 0 Å². The summed E-state index contributed by atoms with van der Waals surface area (Å²) in [4.78, 5) is 0. The first kappa shape index (κ1) is 10.8. The van der Waals surface area contributed by atoms with Gasteiger partial charge in [0.25, 0.3) is 0 Å². The maximum Gasteiger partial charge on any atom is 0.134 e. The molecule has 17 heavy (non-hydrogen) atoms. The molecule has 1 aromatic carbocycles. The molecule has 1 fully saturated rings. The Labute approximate surface area is 99.8 Å². The van der Waals surface area contributed by atoms with Crippen molar-refractivity contribution in [2.75, 3.05) is 6.54 Å². The molecule has 1 atom stereocenters. The molecule has 1 aliphatic heterocycles. The summed E-state index contributed by atoms with van der Waals surface area (Å²) in [6, 6.07) is 6.64. The van der Waals surface area contributed by atoms with Crippen LogP contribution in [0.4, 0.5) is 4.39 Å². The molecule has 1 saturated heterocycles. The zero-order chi connectivity index (χ0) is 11.9. The van der Waals surface area contributed by atoms with Crippen LogP contribution >= 0.6 is 0 Å². The summed E-state index contributed by atoms with van der Waals surface area (Å²) in [6.07, 6.45) is 3.25. The van der Waals surface area contributed by atoms with Crippen LogP contribution in [0.3, 0.4) is 0 Å². The van der Waals surface area contributed by atoms with Gasteiger partial charge < -0.3 is 9.73 Å². The average Bonchev–Trinajstić information content (AvgIpc) is 2.94. The van der Waals surface area contributed by atoms with Crippen molar-refractivity contribution in [3.05, 3.63) is 35.8 Å². The molecular weight excluding hydrogens is 217 g/mol. The van der Waals surface area contributed by atoms with Crippen molar-refractivity contribution in [3.63, 3.8) is 0 Å². The van der Waals surface area contributed by atoms with Crippen LogP contribution in [-0.2, 0) is 5.54 Å². The molecule has 0 amide bonds. The Morgan fingerprint density at radius 2 is 2.29 bits per heavy atom. The van der Waals surface area contributed by atoms with E-state index in [2.05, 4.69) is 12.2 Å². The normalized spacial score (nSPS) is 24.6. The molecule has 3 rings (SSSR count). The third-order valence-corrected chi connectivity index (χ3v) is 3.80. The Morgan fingerprint density at radius 3 is 3.00 bits per heavy atom. The SMILES string of the molecule is CCC1(c2cc3cc(F)ccc3o2)CCCN1. The molecule has 0 saturated carbocycles. The van der Waals surface area contributed by atoms with Crippen LogP contribution < -0.4 is 5.32 Å². The standard InChI is InChI=1S/C14H16FNO/c1-2-14(6-3-7-16-14)13-9-10-8-11(15)4-5-12(10)17-13/h4-5,8-9,16H,2-3,6-7H2,1H3. The van der Waals surface area contributed by atoms with Crippen LogP contribution in [0, 0.1) is 5.82 Å². The number of nitrogens with one attached hydrogen (secondary N) is 1. The fourth-order valence-corrected chi connectivity index (χ4v) is 2.74. The van der Waals surface area contributed by atoms with E-state index >= 15 is 0 Å². The lowest BCUT2D eigenvalue weighted by Crippen LogP contribution is -2.35. The topological polar surface area (TPSA) is 25.2 Å². The summed E-state index contributed by atoms with van der Waals surface area (Å²) < 4.78 is 19.0. The predicted molar refractivity (Wildman–Crippen MR) is 65.4 cm³/mol. The van der Waals surface area contributed by atoms with E-state index in [9.17, 15) is 4.39 Å². The summed E-state index contributed by atoms with van der Waals surface area (Å²) in [7, 11) is 0. The van der Waals surface area contributed by atoms with E-state index in [1.54, 1.807) is 6.07 Å². The second kappa shape index (κ2) is 3.84. The number of fused-ring (bicyclic) bond motifs is 1. The van der Waals surface area contributed by atoms with Crippen molar-refractivity contribution < 1.29 is 8.81 Å². The lowest BCUT2D eigenvalue weighted by Gasteiger charge is -2.25. The number of furan rings is 1. The molecule has 0 spiro atoms. The van der Waals surface area contributed by atoms with Crippen molar-refractivity contribution >= 4 is 11.0 Å². The van der Waals surface area contributed by atoms with E-state index in [4.69, 9.17) is 4.42 Å². The Bertz CT molecular complexity index is 540. The first-order valence-corrected chi connectivity index (χ1v) is 6.18. The fourth-order valence-electron chi connectivity index (χ4n) is 2.74. The van der Waals surface area contributed by atoms with Gasteiger partial charge in [-0.05, 0) is 50.1 Å². The number of halogens is 1. The number of hydrogen-bond donors (Lipinski definition) is 1. The van der Waals surface area contributed by atoms with Gasteiger partial charge >= 0.3 is 0 Å². The zero-order valence-corrected chi connectivity index (χ0v) is 9.92. The Hall–Kier alpha value is -1.35. The van der Waals surface area contributed by atoms with Crippen molar-refractivity contribution in [2.45, 2.75) is 31.7 Å². The van der Waals surface area contributed by atoms with Crippen LogP contribution in [0.2, 0.25) is 0 Å². The molecule has 1 unspecified atom stereocenters. The molecule has 1 aliphatic rings. The van der Waals surface area contributed by atoms with Crippen molar-refractivity contribution in [2.24, 2.45) is 0 Å². The molecule has 0 bridgehead atoms. The predicted octanol–water partition coefficient (Wildman–Crippen LogP) is 3.56. The van der Waals surface area contributed by atoms with E-state index in [-0.39, 0.29) is 11.4 Å². The highest BCUT2D eigenvalue weighted by atomic mass is 19.1. The van der Waals surface area contributed by atoms with Crippen molar-refractivity contribution in [1.29, 1.82) is 0 Å². The lowest BCUT2D eigenvalue weighted by atomic mass is 9.91. The minimum Gasteiger partial charge on any atom is -0.459 e. The molecule has 2 nitrogen and oxygen atoms in total. The maximum atomic E-state index is 13.1. The van der Waals surface area contributed by atoms with Gasteiger partial charge in [0.2, 0.25) is 0 Å². The first-order valence-electron chi connectivity index (χ1n) is 6.18. The van der Waals surface area contributed by atoms with Crippen LogP contribution in [0.25, 0.3) is 11.0 Å². The molecule has 2 aromatic rings. The van der Waals surface area contributed by atoms with Gasteiger partial charge in [0, 0.05) is 5.39 Å². The largest absolute Gasteiger partial charge is 0.459 e. The highest BCUT2D eigenvalue weighted by Gasteiger charge is 2.36. The molecule has 0 aliphatic carbocycles. The first-order chi connectivity index (χ1) is 8.23. The smallest absolute Gasteiger partial charge is 0.134 e. The van der Waals surface area contributed by atoms with E-state index in [1.807, 2.05) is 6.07 Å². The zero-order valence-electron chi connectivity index (χ0n) is 9.92. The summed E-state index contributed by atoms with van der Waals surface area (Å²) >= 11 is 0. The van der Waals surface area contributed by atoms with Crippen molar-refractivity contribution in [1.82, 2.24) is 5.32 Å². The van der Waals surface area contributed by atoms with E-state index in [1.165, 1.54) is 18.6 Å². The lowest BCUT2D eigenvalue weighted by molar-refractivity contribution is 0.306. The monoisotopic (exact) mass is 233 g/mol. The maximum absolute atomic E-state index is 13.1. The number of rotatable bonds is 2. The van der Waals surface area contributed by atoms with Gasteiger partial charge in [-0.25, -0.2) is 4.39 Å². The summed E-state index contributed by atoms with van der Waals surface area (Å²) in [6.45, 7) is 3.19. The summed E-state index contributed by atoms with van der Waals surface area (Å²) in [5.74, 6) is 0.730. The van der Waals surface area contributed by atoms with Crippen LogP contribution in [0.15, 0.2) is 28.7 Å². The summed E-state index contributed by atoms with van der Waals surface area (Å²) in [5, 5.41) is 4.37. The van der Waals surface area contributed by atoms with E-state index in [0.717, 1.165) is 36.1 Å². The van der Waals surface area contributed by atoms with Crippen LogP contribution in [0.1, 0.15) is 31.9 Å². The minimum absolute atomic E-state index is 0.0461. The second-order valence-corrected chi connectivity index (χ2v) is 4.76. The fraction of sp³-hybridized carbons (Fsp3) is 0.429. The summed E-state index contributed by atoms with van der Waals surface area (Å²) in [5.41, 5.74) is 0.720. The third kappa shape index (κ3) is 1.65. The molecule has 2 heterocycles. The van der Waals surface area contributed by atoms with Gasteiger partial charge in [0.05, 0.1) is 5.54 Å². The molecule has 0 radical (unpaired) electrons. The highest BCUT2D eigenvalue weighted by molar-refractivity contribution is 5.78. The molecule has 90 valence electrons. The minimum atomic E-state index is -0.213. The van der Waals surface area contributed by atoms with Gasteiger partial charge in [0.15, 0.2) is 0 Å². The Balaban J connectivity index is 2.11. The Morgan fingerprint density at radius 1 is 1.41 bits per heavy atom. The number of hydrogen-bond acceptors (Lipinski definition) is 2. The number of benzene rings is 1. The molecular formula is C14H16FNO. The van der Waals surface area contributed by atoms with Gasteiger partial charge in [0.1, 0.15) is 17.2 Å². The van der Waals surface area contributed by atoms with E-state index < -0.39 is 0 Å². The Kier molecular flexibility index (Phi) is 2.44. The quantitative estimate of drug-likeness (QED) is 0.858. The van der Waals surface area contributed by atoms with Gasteiger partial charge in [-0.2, -0.15) is 0 Å². The molecule has 1 aromatic heterocycles. The molecule has 1 N–H and O–H groups in total. The van der Waals surface area contributed by atoms with Crippen molar-refractivity contribution in [3.8, 4) is 0 Å². The van der Waals surface area contributed by atoms with Crippen LogP contribution in [0.5, 0.6) is 0 Å². The van der Waals surface area contributed by atoms with E-state index in [0.29, 0.717) is 0 Å². The highest BCUT2D eigenvalue weighted by Crippen LogP contribution is 2.37. The van der Waals surface area contributed by atoms with Crippen LogP contribution in [-0.4, -0.2) is 6.54 Å². The molecule has 3 heteroatoms. The average molecular weight is 233 g/mol. The third-order valence-electron chi connectivity index (χ3n) is 3.80.